The summed E-state index contributed by atoms with van der Waals surface area (Å²) in [6.45, 7) is 6.39. The van der Waals surface area contributed by atoms with Gasteiger partial charge in [0.15, 0.2) is 5.84 Å². The van der Waals surface area contributed by atoms with Crippen molar-refractivity contribution in [2.75, 3.05) is 13.7 Å². The van der Waals surface area contributed by atoms with Gasteiger partial charge in [-0.3, -0.25) is 4.79 Å². The van der Waals surface area contributed by atoms with E-state index in [2.05, 4.69) is 21.5 Å². The molecule has 0 aliphatic heterocycles. The first kappa shape index (κ1) is 24.5. The first-order valence-electron chi connectivity index (χ1n) is 10.8. The van der Waals surface area contributed by atoms with E-state index in [9.17, 15) is 4.79 Å². The number of rotatable bonds is 8. The van der Waals surface area contributed by atoms with E-state index in [1.807, 2.05) is 44.2 Å². The monoisotopic (exact) mass is 459 g/mol. The molecule has 9 nitrogen and oxygen atoms in total. The number of amidine groups is 1. The van der Waals surface area contributed by atoms with Gasteiger partial charge in [0.1, 0.15) is 11.4 Å². The number of benzene rings is 1. The number of aryl methyl sites for hydroxylation is 1. The van der Waals surface area contributed by atoms with Crippen LogP contribution in [0.1, 0.15) is 41.2 Å². The third-order valence-corrected chi connectivity index (χ3v) is 5.57. The highest BCUT2D eigenvalue weighted by molar-refractivity contribution is 6.00. The van der Waals surface area contributed by atoms with Crippen LogP contribution in [0, 0.1) is 24.2 Å². The van der Waals surface area contributed by atoms with Crippen molar-refractivity contribution in [1.29, 1.82) is 5.26 Å². The molecule has 0 saturated carbocycles. The summed E-state index contributed by atoms with van der Waals surface area (Å²) in [7, 11) is 1.60. The Kier molecular flexibility index (Phi) is 7.66. The van der Waals surface area contributed by atoms with Gasteiger partial charge in [-0.2, -0.15) is 5.26 Å². The first-order chi connectivity index (χ1) is 16.2. The fourth-order valence-electron chi connectivity index (χ4n) is 3.66. The van der Waals surface area contributed by atoms with Crippen LogP contribution in [-0.2, 0) is 6.54 Å². The summed E-state index contributed by atoms with van der Waals surface area (Å²) in [4.78, 5) is 17.0. The quantitative estimate of drug-likeness (QED) is 0.238. The molecule has 9 heteroatoms. The molecule has 0 fully saturated rings. The minimum atomic E-state index is -0.329. The summed E-state index contributed by atoms with van der Waals surface area (Å²) in [5.74, 6) is 6.71. The Morgan fingerprint density at radius 1 is 1.35 bits per heavy atom. The van der Waals surface area contributed by atoms with Crippen molar-refractivity contribution in [3.8, 4) is 11.8 Å². The number of carbonyl (C=O) groups excluding carboxylic acids is 1. The summed E-state index contributed by atoms with van der Waals surface area (Å²) in [5.41, 5.74) is 11.3. The van der Waals surface area contributed by atoms with Gasteiger partial charge in [-0.1, -0.05) is 19.1 Å². The Labute approximate surface area is 199 Å². The normalized spacial score (nSPS) is 16.6. The molecule has 176 valence electrons. The zero-order valence-corrected chi connectivity index (χ0v) is 19.8. The second-order valence-corrected chi connectivity index (χ2v) is 8.17. The van der Waals surface area contributed by atoms with E-state index < -0.39 is 0 Å². The number of hydrazone groups is 1. The number of ether oxygens (including phenoxy) is 1. The molecule has 1 aromatic heterocycles. The second-order valence-electron chi connectivity index (χ2n) is 8.17. The zero-order chi connectivity index (χ0) is 24.8. The summed E-state index contributed by atoms with van der Waals surface area (Å²) in [5, 5.41) is 17.4. The highest BCUT2D eigenvalue weighted by Gasteiger charge is 2.24. The minimum absolute atomic E-state index is 0.0978. The van der Waals surface area contributed by atoms with Crippen LogP contribution in [0.15, 0.2) is 64.3 Å². The third kappa shape index (κ3) is 5.79. The first-order valence-corrected chi connectivity index (χ1v) is 10.8. The van der Waals surface area contributed by atoms with Crippen LogP contribution in [0.3, 0.4) is 0 Å². The molecule has 1 atom stereocenters. The summed E-state index contributed by atoms with van der Waals surface area (Å²) < 4.78 is 5.21. The number of nitrogens with two attached hydrogens (primary N) is 2. The number of hydrogen-bond acceptors (Lipinski definition) is 7. The fraction of sp³-hybridized carbons (Fsp3) is 0.280. The molecule has 1 aromatic carbocycles. The van der Waals surface area contributed by atoms with E-state index >= 15 is 0 Å². The van der Waals surface area contributed by atoms with Gasteiger partial charge in [-0.25, -0.2) is 15.9 Å². The van der Waals surface area contributed by atoms with Crippen LogP contribution in [0.4, 0.5) is 0 Å². The van der Waals surface area contributed by atoms with E-state index in [1.165, 1.54) is 5.12 Å². The third-order valence-electron chi connectivity index (χ3n) is 5.57. The molecule has 2 aromatic rings. The van der Waals surface area contributed by atoms with Gasteiger partial charge >= 0.3 is 0 Å². The Morgan fingerprint density at radius 2 is 2.12 bits per heavy atom. The standard InChI is InChI=1S/C25H29N7O2/c1-15(22-10-20(12-26)17(22)3)14-32(28)31-24(27)19-8-16(2)30-23(11-19)25(33)29-13-18-6-5-7-21(9-18)34-4/h5-11,17H,13-14,28H2,1-4H3,(H2,27,31)(H,29,33). The average Bonchev–Trinajstić information content (AvgIpc) is 2.81. The number of nitrogens with zero attached hydrogens (tertiary/aromatic N) is 4. The van der Waals surface area contributed by atoms with Crippen molar-refractivity contribution in [1.82, 2.24) is 15.4 Å². The summed E-state index contributed by atoms with van der Waals surface area (Å²) in [6, 6.07) is 13.0. The van der Waals surface area contributed by atoms with Crippen LogP contribution in [-0.4, -0.2) is 35.5 Å². The number of hydrazine groups is 1. The lowest BCUT2D eigenvalue weighted by Crippen LogP contribution is -2.32. The molecular weight excluding hydrogens is 430 g/mol. The van der Waals surface area contributed by atoms with Gasteiger partial charge in [0, 0.05) is 29.3 Å². The van der Waals surface area contributed by atoms with Crippen molar-refractivity contribution < 1.29 is 9.53 Å². The molecule has 1 aliphatic rings. The van der Waals surface area contributed by atoms with Crippen LogP contribution in [0.25, 0.3) is 0 Å². The molecule has 0 saturated heterocycles. The summed E-state index contributed by atoms with van der Waals surface area (Å²) >= 11 is 0. The number of carbonyl (C=O) groups is 1. The predicted octanol–water partition coefficient (Wildman–Crippen LogP) is 2.54. The number of hydrogen-bond donors (Lipinski definition) is 3. The highest BCUT2D eigenvalue weighted by atomic mass is 16.5. The molecule has 0 radical (unpaired) electrons. The molecule has 0 bridgehead atoms. The smallest absolute Gasteiger partial charge is 0.270 e. The lowest BCUT2D eigenvalue weighted by molar-refractivity contribution is 0.0945. The van der Waals surface area contributed by atoms with Crippen molar-refractivity contribution in [3.05, 3.63) is 81.7 Å². The lowest BCUT2D eigenvalue weighted by atomic mass is 9.79. The maximum absolute atomic E-state index is 12.7. The molecule has 1 heterocycles. The Bertz CT molecular complexity index is 1220. The Hall–Kier alpha value is -4.16. The lowest BCUT2D eigenvalue weighted by Gasteiger charge is -2.26. The fourth-order valence-corrected chi connectivity index (χ4v) is 3.66. The summed E-state index contributed by atoms with van der Waals surface area (Å²) in [6.07, 6.45) is 1.86. The van der Waals surface area contributed by atoms with Crippen LogP contribution in [0.2, 0.25) is 0 Å². The zero-order valence-electron chi connectivity index (χ0n) is 19.8. The number of nitriles is 1. The number of aromatic nitrogens is 1. The predicted molar refractivity (Wildman–Crippen MR) is 130 cm³/mol. The largest absolute Gasteiger partial charge is 0.497 e. The van der Waals surface area contributed by atoms with Gasteiger partial charge in [0.05, 0.1) is 19.7 Å². The van der Waals surface area contributed by atoms with Crippen molar-refractivity contribution in [2.45, 2.75) is 27.3 Å². The van der Waals surface area contributed by atoms with Crippen molar-refractivity contribution in [2.24, 2.45) is 22.6 Å². The number of pyridine rings is 1. The van der Waals surface area contributed by atoms with E-state index in [4.69, 9.17) is 21.6 Å². The molecule has 1 amide bonds. The van der Waals surface area contributed by atoms with Gasteiger partial charge in [-0.05, 0) is 60.9 Å². The number of amides is 1. The number of methoxy groups -OCH3 is 1. The molecule has 34 heavy (non-hydrogen) atoms. The number of allylic oxidation sites excluding steroid dienone is 3. The SMILES string of the molecule is COc1cccc(CNC(=O)c2cc(/C(N)=N/N(N)CC(C)=C3C=C(C#N)C3C)cc(C)n2)c1. The second kappa shape index (κ2) is 10.6. The topological polar surface area (TPSA) is 143 Å². The maximum atomic E-state index is 12.7. The van der Waals surface area contributed by atoms with Crippen molar-refractivity contribution >= 4 is 11.7 Å². The Morgan fingerprint density at radius 3 is 2.79 bits per heavy atom. The average molecular weight is 460 g/mol. The molecule has 0 spiro atoms. The molecule has 1 unspecified atom stereocenters. The van der Waals surface area contributed by atoms with Crippen LogP contribution >= 0.6 is 0 Å². The van der Waals surface area contributed by atoms with E-state index in [0.717, 1.165) is 28.0 Å². The van der Waals surface area contributed by atoms with Gasteiger partial charge in [0.2, 0.25) is 0 Å². The van der Waals surface area contributed by atoms with E-state index in [0.29, 0.717) is 24.3 Å². The van der Waals surface area contributed by atoms with Crippen molar-refractivity contribution in [3.63, 3.8) is 0 Å². The van der Waals surface area contributed by atoms with Gasteiger partial charge in [-0.15, -0.1) is 5.10 Å². The Balaban J connectivity index is 1.70. The highest BCUT2D eigenvalue weighted by Crippen LogP contribution is 2.34. The minimum Gasteiger partial charge on any atom is -0.497 e. The molecular formula is C25H29N7O2. The number of nitrogens with one attached hydrogen (secondary N) is 1. The molecule has 3 rings (SSSR count). The molecule has 5 N–H and O–H groups in total. The van der Waals surface area contributed by atoms with Crippen LogP contribution in [0.5, 0.6) is 5.75 Å². The van der Waals surface area contributed by atoms with E-state index in [1.54, 1.807) is 26.2 Å². The molecule has 1 aliphatic carbocycles. The van der Waals surface area contributed by atoms with Gasteiger partial charge in [0.25, 0.3) is 5.91 Å². The van der Waals surface area contributed by atoms with E-state index in [-0.39, 0.29) is 23.4 Å². The van der Waals surface area contributed by atoms with Crippen LogP contribution < -0.4 is 21.6 Å². The van der Waals surface area contributed by atoms with Gasteiger partial charge < -0.3 is 15.8 Å². The maximum Gasteiger partial charge on any atom is 0.270 e.